The fraction of sp³-hybridized carbons (Fsp3) is 0.346. The van der Waals surface area contributed by atoms with Gasteiger partial charge >= 0.3 is 0 Å². The minimum atomic E-state index is -0.0151. The number of fused-ring (bicyclic) bond motifs is 1. The minimum absolute atomic E-state index is 0.0102. The Morgan fingerprint density at radius 2 is 1.94 bits per heavy atom. The van der Waals surface area contributed by atoms with Crippen molar-refractivity contribution in [2.45, 2.75) is 38.6 Å². The maximum Gasteiger partial charge on any atom is 0.253 e. The fourth-order valence-corrected chi connectivity index (χ4v) is 4.75. The van der Waals surface area contributed by atoms with Gasteiger partial charge in [-0.2, -0.15) is 0 Å². The summed E-state index contributed by atoms with van der Waals surface area (Å²) in [6.07, 6.45) is 5.79. The molecule has 1 fully saturated rings. The van der Waals surface area contributed by atoms with Crippen molar-refractivity contribution in [3.63, 3.8) is 0 Å². The number of ether oxygens (including phenoxy) is 1. The van der Waals surface area contributed by atoms with Gasteiger partial charge in [0.05, 0.1) is 22.8 Å². The second-order valence-electron chi connectivity index (χ2n) is 8.70. The van der Waals surface area contributed by atoms with Gasteiger partial charge in [0.25, 0.3) is 5.56 Å². The van der Waals surface area contributed by atoms with Crippen LogP contribution >= 0.6 is 0 Å². The highest BCUT2D eigenvalue weighted by Gasteiger charge is 2.22. The summed E-state index contributed by atoms with van der Waals surface area (Å²) in [5, 5.41) is 0. The molecule has 5 rings (SSSR count). The first-order chi connectivity index (χ1) is 15.5. The predicted molar refractivity (Wildman–Crippen MR) is 126 cm³/mol. The molecule has 0 radical (unpaired) electrons. The molecule has 4 heterocycles. The van der Waals surface area contributed by atoms with Gasteiger partial charge < -0.3 is 13.9 Å². The first-order valence-electron chi connectivity index (χ1n) is 11.2. The first kappa shape index (κ1) is 20.6. The molecule has 1 atom stereocenters. The highest BCUT2D eigenvalue weighted by molar-refractivity contribution is 5.82. The molecular formula is C26H28N4O2. The number of hydrogen-bond donors (Lipinski definition) is 0. The standard InChI is InChI=1S/C26H28N4O2/c1-17-14-21(16-29(3)26(17)31)25-28-23-8-7-20(19-9-12-32-13-10-19)15-24(23)30(25)18(2)22-6-4-5-11-27-22/h4-8,11,14-16,18-19H,9-10,12-13H2,1-3H3/t18-/m0/s1. The number of aromatic nitrogens is 4. The Morgan fingerprint density at radius 3 is 2.66 bits per heavy atom. The first-order valence-corrected chi connectivity index (χ1v) is 11.2. The van der Waals surface area contributed by atoms with Crippen LogP contribution in [0.5, 0.6) is 0 Å². The number of rotatable bonds is 4. The summed E-state index contributed by atoms with van der Waals surface area (Å²) in [6, 6.07) is 14.5. The van der Waals surface area contributed by atoms with Crippen LogP contribution < -0.4 is 5.56 Å². The number of imidazole rings is 1. The Labute approximate surface area is 187 Å². The summed E-state index contributed by atoms with van der Waals surface area (Å²) in [5.74, 6) is 1.35. The van der Waals surface area contributed by atoms with Crippen molar-refractivity contribution < 1.29 is 4.74 Å². The van der Waals surface area contributed by atoms with Crippen LogP contribution in [0.25, 0.3) is 22.4 Å². The van der Waals surface area contributed by atoms with Gasteiger partial charge in [-0.05, 0) is 68.5 Å². The molecule has 1 aromatic carbocycles. The molecule has 1 saturated heterocycles. The van der Waals surface area contributed by atoms with Gasteiger partial charge in [-0.25, -0.2) is 4.98 Å². The van der Waals surface area contributed by atoms with E-state index in [1.54, 1.807) is 11.6 Å². The molecule has 0 bridgehead atoms. The molecule has 32 heavy (non-hydrogen) atoms. The van der Waals surface area contributed by atoms with Crippen LogP contribution in [0.4, 0.5) is 0 Å². The van der Waals surface area contributed by atoms with Crippen LogP contribution in [0.2, 0.25) is 0 Å². The van der Waals surface area contributed by atoms with Gasteiger partial charge in [-0.15, -0.1) is 0 Å². The van der Waals surface area contributed by atoms with Gasteiger partial charge in [0.15, 0.2) is 0 Å². The molecule has 0 aliphatic carbocycles. The Morgan fingerprint density at radius 1 is 1.12 bits per heavy atom. The van der Waals surface area contributed by atoms with Gasteiger partial charge in [0.1, 0.15) is 5.82 Å². The molecule has 3 aromatic heterocycles. The Hall–Kier alpha value is -3.25. The number of benzene rings is 1. The highest BCUT2D eigenvalue weighted by Crippen LogP contribution is 2.34. The van der Waals surface area contributed by atoms with Crippen molar-refractivity contribution in [3.8, 4) is 11.4 Å². The van der Waals surface area contributed by atoms with Gasteiger partial charge in [0, 0.05) is 43.8 Å². The molecule has 0 amide bonds. The van der Waals surface area contributed by atoms with E-state index in [4.69, 9.17) is 9.72 Å². The lowest BCUT2D eigenvalue weighted by Gasteiger charge is -2.23. The molecule has 1 aliphatic rings. The molecule has 6 nitrogen and oxygen atoms in total. The average Bonchev–Trinajstić information content (AvgIpc) is 3.21. The van der Waals surface area contributed by atoms with E-state index in [1.165, 1.54) is 5.56 Å². The second-order valence-corrected chi connectivity index (χ2v) is 8.70. The van der Waals surface area contributed by atoms with Crippen LogP contribution in [0.1, 0.15) is 48.5 Å². The third-order valence-corrected chi connectivity index (χ3v) is 6.53. The zero-order valence-corrected chi connectivity index (χ0v) is 18.8. The smallest absolute Gasteiger partial charge is 0.253 e. The van der Waals surface area contributed by atoms with Crippen LogP contribution in [-0.4, -0.2) is 32.3 Å². The molecule has 0 spiro atoms. The van der Waals surface area contributed by atoms with Crippen molar-refractivity contribution >= 4 is 11.0 Å². The van der Waals surface area contributed by atoms with Crippen molar-refractivity contribution in [3.05, 3.63) is 82.0 Å². The Balaban J connectivity index is 1.73. The van der Waals surface area contributed by atoms with Gasteiger partial charge in [0.2, 0.25) is 0 Å². The fourth-order valence-electron chi connectivity index (χ4n) is 4.75. The summed E-state index contributed by atoms with van der Waals surface area (Å²) in [6.45, 7) is 5.64. The molecule has 4 aromatic rings. The number of pyridine rings is 2. The number of nitrogens with zero attached hydrogens (tertiary/aromatic N) is 4. The molecule has 0 N–H and O–H groups in total. The monoisotopic (exact) mass is 428 g/mol. The van der Waals surface area contributed by atoms with E-state index >= 15 is 0 Å². The highest BCUT2D eigenvalue weighted by atomic mass is 16.5. The van der Waals surface area contributed by atoms with Crippen LogP contribution in [0, 0.1) is 6.92 Å². The lowest BCUT2D eigenvalue weighted by molar-refractivity contribution is 0.0853. The topological polar surface area (TPSA) is 61.9 Å². The normalized spacial score (nSPS) is 15.8. The summed E-state index contributed by atoms with van der Waals surface area (Å²) in [5.41, 5.74) is 5.99. The van der Waals surface area contributed by atoms with E-state index in [0.717, 1.165) is 54.2 Å². The van der Waals surface area contributed by atoms with Crippen molar-refractivity contribution in [1.82, 2.24) is 19.1 Å². The van der Waals surface area contributed by atoms with Crippen LogP contribution in [-0.2, 0) is 11.8 Å². The molecule has 0 unspecified atom stereocenters. The van der Waals surface area contributed by atoms with Crippen molar-refractivity contribution in [1.29, 1.82) is 0 Å². The number of aryl methyl sites for hydroxylation is 2. The quantitative estimate of drug-likeness (QED) is 0.476. The number of hydrogen-bond acceptors (Lipinski definition) is 4. The van der Waals surface area contributed by atoms with E-state index < -0.39 is 0 Å². The van der Waals surface area contributed by atoms with Crippen molar-refractivity contribution in [2.24, 2.45) is 7.05 Å². The van der Waals surface area contributed by atoms with Crippen LogP contribution in [0.3, 0.4) is 0 Å². The van der Waals surface area contributed by atoms with E-state index in [2.05, 4.69) is 40.7 Å². The summed E-state index contributed by atoms with van der Waals surface area (Å²) >= 11 is 0. The minimum Gasteiger partial charge on any atom is -0.381 e. The average molecular weight is 429 g/mol. The molecular weight excluding hydrogens is 400 g/mol. The molecule has 0 saturated carbocycles. The second kappa shape index (κ2) is 8.36. The third-order valence-electron chi connectivity index (χ3n) is 6.53. The summed E-state index contributed by atoms with van der Waals surface area (Å²) in [7, 11) is 1.79. The molecule has 164 valence electrons. The predicted octanol–water partition coefficient (Wildman–Crippen LogP) is 4.61. The maximum absolute atomic E-state index is 12.3. The largest absolute Gasteiger partial charge is 0.381 e. The van der Waals surface area contributed by atoms with E-state index in [0.29, 0.717) is 11.5 Å². The zero-order valence-electron chi connectivity index (χ0n) is 18.8. The lowest BCUT2D eigenvalue weighted by Crippen LogP contribution is -2.19. The van der Waals surface area contributed by atoms with E-state index in [1.807, 2.05) is 37.5 Å². The Bertz CT molecular complexity index is 1290. The van der Waals surface area contributed by atoms with Crippen molar-refractivity contribution in [2.75, 3.05) is 13.2 Å². The van der Waals surface area contributed by atoms with E-state index in [-0.39, 0.29) is 11.6 Å². The molecule has 1 aliphatic heterocycles. The Kier molecular flexibility index (Phi) is 5.39. The van der Waals surface area contributed by atoms with Crippen LogP contribution in [0.15, 0.2) is 59.7 Å². The van der Waals surface area contributed by atoms with Gasteiger partial charge in [-0.1, -0.05) is 12.1 Å². The molecule has 6 heteroatoms. The maximum atomic E-state index is 12.3. The summed E-state index contributed by atoms with van der Waals surface area (Å²) < 4.78 is 9.46. The lowest BCUT2D eigenvalue weighted by atomic mass is 9.91. The van der Waals surface area contributed by atoms with E-state index in [9.17, 15) is 4.79 Å². The SMILES string of the molecule is Cc1cc(-c2nc3ccc(C4CCOCC4)cc3n2[C@@H](C)c2ccccn2)cn(C)c1=O. The van der Waals surface area contributed by atoms with Gasteiger partial charge in [-0.3, -0.25) is 9.78 Å². The third kappa shape index (κ3) is 3.65. The zero-order chi connectivity index (χ0) is 22.2. The summed E-state index contributed by atoms with van der Waals surface area (Å²) in [4.78, 5) is 21.9.